The topological polar surface area (TPSA) is 55.8 Å². The summed E-state index contributed by atoms with van der Waals surface area (Å²) in [6, 6.07) is 5.58. The molecule has 1 rings (SSSR count). The molecular weight excluding hydrogens is 220 g/mol. The number of benzene rings is 1. The van der Waals surface area contributed by atoms with Crippen LogP contribution in [0.4, 0.5) is 0 Å². The first-order valence-corrected chi connectivity index (χ1v) is 5.53. The molecule has 0 amide bonds. The number of carbonyl (C=O) groups is 1. The first kappa shape index (κ1) is 13.5. The molecular formula is C13H18O4. The number of aliphatic hydroxyl groups is 1. The maximum absolute atomic E-state index is 10.9. The minimum atomic E-state index is -0.594. The molecule has 1 N–H and O–H groups in total. The third kappa shape index (κ3) is 4.07. The van der Waals surface area contributed by atoms with E-state index in [4.69, 9.17) is 4.74 Å². The van der Waals surface area contributed by atoms with Gasteiger partial charge in [0.1, 0.15) is 5.75 Å². The van der Waals surface area contributed by atoms with Crippen LogP contribution in [0.15, 0.2) is 18.2 Å². The molecule has 17 heavy (non-hydrogen) atoms. The summed E-state index contributed by atoms with van der Waals surface area (Å²) in [6.45, 7) is 3.88. The summed E-state index contributed by atoms with van der Waals surface area (Å²) in [5.41, 5.74) is 1.79. The number of hydrogen-bond acceptors (Lipinski definition) is 4. The normalized spacial score (nSPS) is 12.0. The lowest BCUT2D eigenvalue weighted by Gasteiger charge is -2.13. The summed E-state index contributed by atoms with van der Waals surface area (Å²) >= 11 is 0. The van der Waals surface area contributed by atoms with Gasteiger partial charge in [-0.25, -0.2) is 0 Å². The summed E-state index contributed by atoms with van der Waals surface area (Å²) in [6.07, 6.45) is -0.396. The van der Waals surface area contributed by atoms with Gasteiger partial charge in [0.25, 0.3) is 0 Å². The van der Waals surface area contributed by atoms with Crippen molar-refractivity contribution in [3.05, 3.63) is 29.3 Å². The van der Waals surface area contributed by atoms with Crippen molar-refractivity contribution >= 4 is 5.97 Å². The highest BCUT2D eigenvalue weighted by atomic mass is 16.5. The summed E-state index contributed by atoms with van der Waals surface area (Å²) in [5.74, 6) is 0.296. The van der Waals surface area contributed by atoms with Crippen LogP contribution in [-0.4, -0.2) is 24.8 Å². The van der Waals surface area contributed by atoms with Crippen molar-refractivity contribution in [2.24, 2.45) is 0 Å². The Hall–Kier alpha value is -1.55. The van der Waals surface area contributed by atoms with Gasteiger partial charge >= 0.3 is 5.97 Å². The second-order valence-electron chi connectivity index (χ2n) is 3.89. The Morgan fingerprint density at radius 2 is 2.18 bits per heavy atom. The Labute approximate surface area is 101 Å². The molecule has 0 radical (unpaired) electrons. The fourth-order valence-electron chi connectivity index (χ4n) is 1.47. The second-order valence-corrected chi connectivity index (χ2v) is 3.89. The molecule has 0 fully saturated rings. The van der Waals surface area contributed by atoms with Crippen molar-refractivity contribution in [1.82, 2.24) is 0 Å². The monoisotopic (exact) mass is 238 g/mol. The number of aliphatic hydroxyl groups excluding tert-OH is 1. The number of methoxy groups -OCH3 is 1. The quantitative estimate of drug-likeness (QED) is 0.797. The van der Waals surface area contributed by atoms with Gasteiger partial charge in [-0.1, -0.05) is 11.6 Å². The fourth-order valence-corrected chi connectivity index (χ4v) is 1.47. The SMILES string of the molecule is COC(=O)CCOc1ccc(C)cc1[C@@H](C)O. The lowest BCUT2D eigenvalue weighted by molar-refractivity contribution is -0.141. The number of ether oxygens (including phenoxy) is 2. The van der Waals surface area contributed by atoms with Crippen LogP contribution < -0.4 is 4.74 Å². The predicted octanol–water partition coefficient (Wildman–Crippen LogP) is 1.99. The van der Waals surface area contributed by atoms with Crippen LogP contribution in [0.2, 0.25) is 0 Å². The minimum Gasteiger partial charge on any atom is -0.493 e. The lowest BCUT2D eigenvalue weighted by atomic mass is 10.1. The van der Waals surface area contributed by atoms with Crippen LogP contribution in [0.1, 0.15) is 30.6 Å². The standard InChI is InChI=1S/C13H18O4/c1-9-4-5-12(11(8-9)10(2)14)17-7-6-13(15)16-3/h4-5,8,10,14H,6-7H2,1-3H3/t10-/m1/s1. The highest BCUT2D eigenvalue weighted by Crippen LogP contribution is 2.26. The van der Waals surface area contributed by atoms with Crippen LogP contribution in [0.5, 0.6) is 5.75 Å². The van der Waals surface area contributed by atoms with Gasteiger partial charge in [-0.2, -0.15) is 0 Å². The van der Waals surface area contributed by atoms with E-state index in [-0.39, 0.29) is 19.0 Å². The molecule has 0 aliphatic heterocycles. The summed E-state index contributed by atoms with van der Waals surface area (Å²) < 4.78 is 9.98. The Morgan fingerprint density at radius 3 is 2.76 bits per heavy atom. The van der Waals surface area contributed by atoms with Gasteiger partial charge in [0.2, 0.25) is 0 Å². The van der Waals surface area contributed by atoms with Crippen molar-refractivity contribution in [2.45, 2.75) is 26.4 Å². The molecule has 4 heteroatoms. The molecule has 4 nitrogen and oxygen atoms in total. The number of carbonyl (C=O) groups excluding carboxylic acids is 1. The number of aryl methyl sites for hydroxylation is 1. The lowest BCUT2D eigenvalue weighted by Crippen LogP contribution is -2.09. The van der Waals surface area contributed by atoms with Gasteiger partial charge < -0.3 is 14.6 Å². The molecule has 0 saturated heterocycles. The van der Waals surface area contributed by atoms with Gasteiger partial charge in [0, 0.05) is 5.56 Å². The Morgan fingerprint density at radius 1 is 1.47 bits per heavy atom. The minimum absolute atomic E-state index is 0.198. The second kappa shape index (κ2) is 6.25. The number of hydrogen-bond donors (Lipinski definition) is 1. The van der Waals surface area contributed by atoms with Crippen LogP contribution in [0.3, 0.4) is 0 Å². The summed E-state index contributed by atoms with van der Waals surface area (Å²) in [4.78, 5) is 10.9. The van der Waals surface area contributed by atoms with Gasteiger partial charge in [-0.05, 0) is 26.0 Å². The number of rotatable bonds is 5. The third-order valence-corrected chi connectivity index (χ3v) is 2.41. The largest absolute Gasteiger partial charge is 0.493 e. The maximum Gasteiger partial charge on any atom is 0.308 e. The molecule has 0 saturated carbocycles. The number of esters is 1. The molecule has 0 bridgehead atoms. The van der Waals surface area contributed by atoms with E-state index in [9.17, 15) is 9.90 Å². The van der Waals surface area contributed by atoms with E-state index < -0.39 is 6.10 Å². The van der Waals surface area contributed by atoms with Crippen molar-refractivity contribution in [1.29, 1.82) is 0 Å². The molecule has 1 aromatic rings. The smallest absolute Gasteiger partial charge is 0.308 e. The molecule has 0 heterocycles. The van der Waals surface area contributed by atoms with Crippen molar-refractivity contribution in [3.63, 3.8) is 0 Å². The van der Waals surface area contributed by atoms with E-state index in [1.165, 1.54) is 7.11 Å². The molecule has 94 valence electrons. The molecule has 0 aliphatic rings. The van der Waals surface area contributed by atoms with Gasteiger partial charge in [-0.15, -0.1) is 0 Å². The summed E-state index contributed by atoms with van der Waals surface area (Å²) in [5, 5.41) is 9.61. The fraction of sp³-hybridized carbons (Fsp3) is 0.462. The first-order chi connectivity index (χ1) is 8.04. The van der Waals surface area contributed by atoms with Gasteiger partial charge in [0.05, 0.1) is 26.2 Å². The van der Waals surface area contributed by atoms with E-state index in [0.29, 0.717) is 5.75 Å². The molecule has 0 aliphatic carbocycles. The van der Waals surface area contributed by atoms with Gasteiger partial charge in [0.15, 0.2) is 0 Å². The van der Waals surface area contributed by atoms with E-state index in [1.807, 2.05) is 19.1 Å². The molecule has 1 aromatic carbocycles. The van der Waals surface area contributed by atoms with E-state index in [1.54, 1.807) is 13.0 Å². The van der Waals surface area contributed by atoms with Crippen LogP contribution in [-0.2, 0) is 9.53 Å². The van der Waals surface area contributed by atoms with Crippen molar-refractivity contribution < 1.29 is 19.4 Å². The average Bonchev–Trinajstić information content (AvgIpc) is 2.30. The molecule has 1 atom stereocenters. The zero-order valence-corrected chi connectivity index (χ0v) is 10.4. The Balaban J connectivity index is 2.67. The molecule has 0 spiro atoms. The summed E-state index contributed by atoms with van der Waals surface area (Å²) in [7, 11) is 1.34. The molecule has 0 unspecified atom stereocenters. The van der Waals surface area contributed by atoms with E-state index in [2.05, 4.69) is 4.74 Å². The van der Waals surface area contributed by atoms with Crippen LogP contribution in [0.25, 0.3) is 0 Å². The Bertz CT molecular complexity index is 385. The van der Waals surface area contributed by atoms with E-state index in [0.717, 1.165) is 11.1 Å². The molecule has 0 aromatic heterocycles. The zero-order chi connectivity index (χ0) is 12.8. The Kier molecular flexibility index (Phi) is 4.97. The highest BCUT2D eigenvalue weighted by Gasteiger charge is 2.10. The van der Waals surface area contributed by atoms with Crippen LogP contribution in [0, 0.1) is 6.92 Å². The third-order valence-electron chi connectivity index (χ3n) is 2.41. The highest BCUT2D eigenvalue weighted by molar-refractivity contribution is 5.69. The van der Waals surface area contributed by atoms with Gasteiger partial charge in [-0.3, -0.25) is 4.79 Å². The van der Waals surface area contributed by atoms with Crippen LogP contribution >= 0.6 is 0 Å². The zero-order valence-electron chi connectivity index (χ0n) is 10.4. The average molecular weight is 238 g/mol. The maximum atomic E-state index is 10.9. The first-order valence-electron chi connectivity index (χ1n) is 5.53. The van der Waals surface area contributed by atoms with Crippen molar-refractivity contribution in [2.75, 3.05) is 13.7 Å². The van der Waals surface area contributed by atoms with E-state index >= 15 is 0 Å². The predicted molar refractivity (Wildman–Crippen MR) is 63.9 cm³/mol. The van der Waals surface area contributed by atoms with Crippen molar-refractivity contribution in [3.8, 4) is 5.75 Å².